The molecule has 1 aliphatic rings. The molecule has 0 spiro atoms. The number of ether oxygens (including phenoxy) is 2. The van der Waals surface area contributed by atoms with Gasteiger partial charge in [-0.2, -0.15) is 0 Å². The van der Waals surface area contributed by atoms with E-state index < -0.39 is 18.1 Å². The number of para-hydroxylation sites is 1. The number of nitrogens with zero attached hydrogens (tertiary/aromatic N) is 2. The molecule has 5 rings (SSSR count). The maximum atomic E-state index is 12.8. The first-order chi connectivity index (χ1) is 18.0. The Hall–Kier alpha value is -4.92. The summed E-state index contributed by atoms with van der Waals surface area (Å²) in [5.41, 5.74) is 8.88. The second-order valence-electron chi connectivity index (χ2n) is 8.59. The highest BCUT2D eigenvalue weighted by atomic mass is 16.7. The molecule has 2 heterocycles. The molecule has 4 aromatic rings. The van der Waals surface area contributed by atoms with Gasteiger partial charge in [-0.3, -0.25) is 9.59 Å². The lowest BCUT2D eigenvalue weighted by molar-refractivity contribution is -0.118. The van der Waals surface area contributed by atoms with Crippen molar-refractivity contribution in [3.63, 3.8) is 0 Å². The average Bonchev–Trinajstić information content (AvgIpc) is 3.38. The van der Waals surface area contributed by atoms with Gasteiger partial charge in [-0.05, 0) is 42.3 Å². The van der Waals surface area contributed by atoms with Gasteiger partial charge in [-0.25, -0.2) is 9.97 Å². The summed E-state index contributed by atoms with van der Waals surface area (Å²) in [6.07, 6.45) is 2.72. The smallest absolute Gasteiger partial charge is 0.294 e. The Morgan fingerprint density at radius 1 is 1.03 bits per heavy atom. The topological polar surface area (TPSA) is 128 Å². The lowest BCUT2D eigenvalue weighted by Crippen LogP contribution is -2.19. The average molecular weight is 496 g/mol. The van der Waals surface area contributed by atoms with E-state index in [0.29, 0.717) is 34.4 Å². The first kappa shape index (κ1) is 23.8. The number of carbonyl (C=O) groups is 2. The summed E-state index contributed by atoms with van der Waals surface area (Å²) in [5.74, 6) is -0.254. The van der Waals surface area contributed by atoms with Crippen LogP contribution in [-0.2, 0) is 20.7 Å². The highest BCUT2D eigenvalue weighted by molar-refractivity contribution is 6.07. The highest BCUT2D eigenvalue weighted by Crippen LogP contribution is 2.27. The molecule has 9 nitrogen and oxygen atoms in total. The number of hydrogen-bond donors (Lipinski definition) is 3. The lowest BCUT2D eigenvalue weighted by atomic mass is 10.1. The Labute approximate surface area is 213 Å². The molecule has 2 unspecified atom stereocenters. The number of carbonyl (C=O) groups excluding carboxylic acids is 2. The van der Waals surface area contributed by atoms with E-state index in [2.05, 4.69) is 20.6 Å². The van der Waals surface area contributed by atoms with E-state index in [0.717, 1.165) is 11.1 Å². The van der Waals surface area contributed by atoms with Crippen molar-refractivity contribution in [1.82, 2.24) is 9.97 Å². The summed E-state index contributed by atoms with van der Waals surface area (Å²) < 4.78 is 11.2. The van der Waals surface area contributed by atoms with E-state index in [1.807, 2.05) is 61.5 Å². The Morgan fingerprint density at radius 3 is 2.65 bits per heavy atom. The van der Waals surface area contributed by atoms with E-state index in [1.54, 1.807) is 18.2 Å². The summed E-state index contributed by atoms with van der Waals surface area (Å²) in [6.45, 7) is 1.97. The molecule has 186 valence electrons. The Balaban J connectivity index is 1.25. The minimum Gasteiger partial charge on any atom is -0.458 e. The molecule has 1 aromatic heterocycles. The van der Waals surface area contributed by atoms with Crippen molar-refractivity contribution in [2.24, 2.45) is 5.73 Å². The van der Waals surface area contributed by atoms with Crippen molar-refractivity contribution in [2.75, 3.05) is 10.6 Å². The first-order valence-corrected chi connectivity index (χ1v) is 11.8. The zero-order valence-electron chi connectivity index (χ0n) is 20.0. The van der Waals surface area contributed by atoms with Crippen LogP contribution in [0.4, 0.5) is 11.5 Å². The van der Waals surface area contributed by atoms with Crippen molar-refractivity contribution >= 4 is 34.2 Å². The molecule has 0 fully saturated rings. The van der Waals surface area contributed by atoms with Gasteiger partial charge in [0, 0.05) is 17.5 Å². The Morgan fingerprint density at radius 2 is 1.84 bits per heavy atom. The fourth-order valence-electron chi connectivity index (χ4n) is 4.11. The van der Waals surface area contributed by atoms with Crippen LogP contribution in [0.2, 0.25) is 0 Å². The molecule has 4 N–H and O–H groups in total. The van der Waals surface area contributed by atoms with Crippen LogP contribution in [0.1, 0.15) is 34.5 Å². The molecule has 0 radical (unpaired) electrons. The van der Waals surface area contributed by atoms with E-state index in [-0.39, 0.29) is 11.8 Å². The molecule has 0 saturated carbocycles. The number of nitrogens with one attached hydrogen (secondary N) is 2. The van der Waals surface area contributed by atoms with Gasteiger partial charge >= 0.3 is 0 Å². The maximum absolute atomic E-state index is 12.8. The van der Waals surface area contributed by atoms with Gasteiger partial charge < -0.3 is 25.8 Å². The minimum absolute atomic E-state index is 0.121. The van der Waals surface area contributed by atoms with Crippen LogP contribution >= 0.6 is 0 Å². The highest BCUT2D eigenvalue weighted by Gasteiger charge is 2.25. The maximum Gasteiger partial charge on any atom is 0.294 e. The van der Waals surface area contributed by atoms with Crippen LogP contribution < -0.4 is 16.4 Å². The largest absolute Gasteiger partial charge is 0.458 e. The number of fused-ring (bicyclic) bond motifs is 1. The first-order valence-electron chi connectivity index (χ1n) is 11.8. The zero-order chi connectivity index (χ0) is 25.8. The second-order valence-corrected chi connectivity index (χ2v) is 8.59. The molecule has 0 saturated heterocycles. The van der Waals surface area contributed by atoms with E-state index >= 15 is 0 Å². The quantitative estimate of drug-likeness (QED) is 0.332. The zero-order valence-corrected chi connectivity index (χ0v) is 20.0. The molecular formula is C28H25N5O4. The van der Waals surface area contributed by atoms with Crippen molar-refractivity contribution in [1.29, 1.82) is 0 Å². The summed E-state index contributed by atoms with van der Waals surface area (Å²) in [4.78, 5) is 33.1. The van der Waals surface area contributed by atoms with Crippen molar-refractivity contribution in [3.05, 3.63) is 108 Å². The molecule has 2 amide bonds. The van der Waals surface area contributed by atoms with Gasteiger partial charge in [0.1, 0.15) is 18.4 Å². The number of benzene rings is 3. The van der Waals surface area contributed by atoms with Gasteiger partial charge in [0.15, 0.2) is 0 Å². The normalized spacial score (nSPS) is 15.3. The molecule has 0 bridgehead atoms. The predicted octanol–water partition coefficient (Wildman–Crippen LogP) is 4.30. The summed E-state index contributed by atoms with van der Waals surface area (Å²) in [5, 5.41) is 6.91. The minimum atomic E-state index is -0.551. The van der Waals surface area contributed by atoms with E-state index in [1.165, 1.54) is 12.6 Å². The monoisotopic (exact) mass is 495 g/mol. The van der Waals surface area contributed by atoms with Crippen molar-refractivity contribution in [2.45, 2.75) is 25.7 Å². The third-order valence-electron chi connectivity index (χ3n) is 5.98. The van der Waals surface area contributed by atoms with Crippen LogP contribution in [0, 0.1) is 0 Å². The van der Waals surface area contributed by atoms with Gasteiger partial charge in [0.25, 0.3) is 11.8 Å². The van der Waals surface area contributed by atoms with Crippen LogP contribution in [0.15, 0.2) is 91.1 Å². The number of anilines is 2. The van der Waals surface area contributed by atoms with Crippen LogP contribution in [0.25, 0.3) is 10.9 Å². The Kier molecular flexibility index (Phi) is 6.67. The van der Waals surface area contributed by atoms with Crippen molar-refractivity contribution < 1.29 is 19.1 Å². The van der Waals surface area contributed by atoms with Gasteiger partial charge in [0.05, 0.1) is 17.1 Å². The molecule has 2 atom stereocenters. The number of aromatic nitrogens is 2. The number of primary amides is 1. The van der Waals surface area contributed by atoms with E-state index in [9.17, 15) is 9.59 Å². The van der Waals surface area contributed by atoms with Gasteiger partial charge in [0.2, 0.25) is 12.0 Å². The lowest BCUT2D eigenvalue weighted by Gasteiger charge is -2.17. The predicted molar refractivity (Wildman–Crippen MR) is 139 cm³/mol. The van der Waals surface area contributed by atoms with Gasteiger partial charge in [-0.1, -0.05) is 48.5 Å². The fraction of sp³-hybridized carbons (Fsp3) is 0.143. The fourth-order valence-corrected chi connectivity index (χ4v) is 4.11. The standard InChI is InChI=1S/C28H25N5O4/c1-17(32-27-22-12-6-11-21(26(29)34)25(22)30-16-31-27)19-9-5-10-20(14-19)33-28(35)23-15-36-24(37-23)13-18-7-3-2-4-8-18/h2-12,14-17,24H,13H2,1H3,(H2,29,34)(H,33,35)(H,30,31,32). The SMILES string of the molecule is CC(Nc1ncnc2c(C(N)=O)cccc12)c1cccc(NC(=O)C2=COC(Cc3ccccc3)O2)c1. The summed E-state index contributed by atoms with van der Waals surface area (Å²) in [7, 11) is 0. The number of nitrogens with two attached hydrogens (primary N) is 1. The van der Waals surface area contributed by atoms with Crippen molar-refractivity contribution in [3.8, 4) is 0 Å². The van der Waals surface area contributed by atoms with Gasteiger partial charge in [-0.15, -0.1) is 0 Å². The summed E-state index contributed by atoms with van der Waals surface area (Å²) in [6, 6.07) is 22.3. The Bertz CT molecular complexity index is 1490. The molecular weight excluding hydrogens is 470 g/mol. The molecule has 1 aliphatic heterocycles. The summed E-state index contributed by atoms with van der Waals surface area (Å²) >= 11 is 0. The molecule has 9 heteroatoms. The number of amides is 2. The number of hydrogen-bond acceptors (Lipinski definition) is 7. The van der Waals surface area contributed by atoms with Crippen LogP contribution in [-0.4, -0.2) is 28.1 Å². The van der Waals surface area contributed by atoms with Crippen LogP contribution in [0.3, 0.4) is 0 Å². The number of rotatable bonds is 8. The molecule has 0 aliphatic carbocycles. The van der Waals surface area contributed by atoms with Crippen LogP contribution in [0.5, 0.6) is 0 Å². The third kappa shape index (κ3) is 5.35. The second kappa shape index (κ2) is 10.4. The molecule has 3 aromatic carbocycles. The van der Waals surface area contributed by atoms with E-state index in [4.69, 9.17) is 15.2 Å². The third-order valence-corrected chi connectivity index (χ3v) is 5.98. The molecule has 37 heavy (non-hydrogen) atoms.